The van der Waals surface area contributed by atoms with Gasteiger partial charge in [-0.3, -0.25) is 0 Å². The van der Waals surface area contributed by atoms with Crippen molar-refractivity contribution in [2.24, 2.45) is 0 Å². The van der Waals surface area contributed by atoms with Crippen LogP contribution in [0.4, 0.5) is 0 Å². The monoisotopic (exact) mass is 229 g/mol. The molecule has 1 nitrogen and oxygen atoms in total. The molecule has 17 heavy (non-hydrogen) atoms. The molecule has 1 aliphatic carbocycles. The van der Waals surface area contributed by atoms with Crippen molar-refractivity contribution in [3.05, 3.63) is 47.0 Å². The minimum Gasteiger partial charge on any atom is -0.314 e. The van der Waals surface area contributed by atoms with E-state index in [9.17, 15) is 0 Å². The van der Waals surface area contributed by atoms with Gasteiger partial charge in [0.25, 0.3) is 0 Å². The van der Waals surface area contributed by atoms with Crippen LogP contribution in [0.25, 0.3) is 0 Å². The van der Waals surface area contributed by atoms with Crippen LogP contribution in [0.1, 0.15) is 36.0 Å². The fraction of sp³-hybridized carbons (Fsp3) is 0.500. The predicted octanol–water partition coefficient (Wildman–Crippen LogP) is 3.54. The van der Waals surface area contributed by atoms with Crippen molar-refractivity contribution in [1.82, 2.24) is 5.32 Å². The van der Waals surface area contributed by atoms with Gasteiger partial charge in [0.2, 0.25) is 0 Å². The van der Waals surface area contributed by atoms with E-state index in [4.69, 9.17) is 0 Å². The topological polar surface area (TPSA) is 12.0 Å². The van der Waals surface area contributed by atoms with Crippen LogP contribution in [0.5, 0.6) is 0 Å². The van der Waals surface area contributed by atoms with Crippen molar-refractivity contribution in [2.45, 2.75) is 45.6 Å². The molecule has 1 fully saturated rings. The largest absolute Gasteiger partial charge is 0.314 e. The van der Waals surface area contributed by atoms with Gasteiger partial charge in [0.15, 0.2) is 0 Å². The highest BCUT2D eigenvalue weighted by Crippen LogP contribution is 2.18. The number of nitrogens with one attached hydrogen (secondary N) is 1. The first-order valence-corrected chi connectivity index (χ1v) is 6.70. The van der Waals surface area contributed by atoms with Gasteiger partial charge < -0.3 is 5.32 Å². The Kier molecular flexibility index (Phi) is 4.38. The molecule has 1 saturated carbocycles. The summed E-state index contributed by atoms with van der Waals surface area (Å²) < 4.78 is 0. The summed E-state index contributed by atoms with van der Waals surface area (Å²) in [5.74, 6) is 0. The van der Waals surface area contributed by atoms with Crippen LogP contribution in [0, 0.1) is 13.8 Å². The summed E-state index contributed by atoms with van der Waals surface area (Å²) in [6.07, 6.45) is 9.59. The molecule has 2 rings (SSSR count). The zero-order valence-electron chi connectivity index (χ0n) is 11.0. The normalized spacial score (nSPS) is 15.6. The molecule has 92 valence electrons. The summed E-state index contributed by atoms with van der Waals surface area (Å²) in [6, 6.07) is 7.53. The quantitative estimate of drug-likeness (QED) is 0.581. The molecule has 1 aromatic carbocycles. The van der Waals surface area contributed by atoms with E-state index in [0.29, 0.717) is 0 Å². The fourth-order valence-corrected chi connectivity index (χ4v) is 2.01. The summed E-state index contributed by atoms with van der Waals surface area (Å²) in [6.45, 7) is 5.48. The van der Waals surface area contributed by atoms with Crippen molar-refractivity contribution in [1.29, 1.82) is 0 Å². The highest BCUT2D eigenvalue weighted by atomic mass is 14.9. The van der Waals surface area contributed by atoms with Crippen molar-refractivity contribution in [2.75, 3.05) is 6.54 Å². The number of benzene rings is 1. The minimum absolute atomic E-state index is 0.836. The van der Waals surface area contributed by atoms with Gasteiger partial charge in [-0.25, -0.2) is 0 Å². The van der Waals surface area contributed by atoms with Crippen molar-refractivity contribution < 1.29 is 0 Å². The molecule has 0 amide bonds. The second-order valence-electron chi connectivity index (χ2n) is 5.12. The van der Waals surface area contributed by atoms with E-state index in [2.05, 4.69) is 49.5 Å². The molecule has 1 N–H and O–H groups in total. The Balaban J connectivity index is 1.72. The van der Waals surface area contributed by atoms with E-state index < -0.39 is 0 Å². The lowest BCUT2D eigenvalue weighted by Gasteiger charge is -2.04. The maximum absolute atomic E-state index is 3.52. The van der Waals surface area contributed by atoms with Gasteiger partial charge in [0, 0.05) is 6.04 Å². The molecule has 0 atom stereocenters. The third-order valence-corrected chi connectivity index (χ3v) is 3.33. The Hall–Kier alpha value is -1.08. The summed E-state index contributed by atoms with van der Waals surface area (Å²) in [4.78, 5) is 0. The maximum atomic E-state index is 3.52. The molecule has 0 saturated heterocycles. The van der Waals surface area contributed by atoms with Crippen LogP contribution in [-0.2, 0) is 6.42 Å². The molecule has 0 bridgehead atoms. The van der Waals surface area contributed by atoms with E-state index in [0.717, 1.165) is 25.4 Å². The average molecular weight is 229 g/mol. The Morgan fingerprint density at radius 3 is 2.82 bits per heavy atom. The molecule has 1 aliphatic rings. The van der Waals surface area contributed by atoms with Crippen LogP contribution < -0.4 is 5.32 Å². The fourth-order valence-electron chi connectivity index (χ4n) is 2.01. The molecule has 0 aromatic heterocycles. The summed E-state index contributed by atoms with van der Waals surface area (Å²) in [5.41, 5.74) is 4.21. The van der Waals surface area contributed by atoms with Gasteiger partial charge in [-0.05, 0) is 57.2 Å². The van der Waals surface area contributed by atoms with Gasteiger partial charge in [-0.15, -0.1) is 0 Å². The van der Waals surface area contributed by atoms with E-state index >= 15 is 0 Å². The second kappa shape index (κ2) is 6.02. The Bertz CT molecular complexity index is 389. The highest BCUT2D eigenvalue weighted by Gasteiger charge is 2.19. The third-order valence-electron chi connectivity index (χ3n) is 3.33. The summed E-state index contributed by atoms with van der Waals surface area (Å²) in [7, 11) is 0. The van der Waals surface area contributed by atoms with Crippen molar-refractivity contribution in [3.8, 4) is 0 Å². The average Bonchev–Trinajstić information content (AvgIpc) is 3.11. The summed E-state index contributed by atoms with van der Waals surface area (Å²) >= 11 is 0. The SMILES string of the molecule is Cc1ccc(C)c(CC=CCCNC2CC2)c1. The van der Waals surface area contributed by atoms with Gasteiger partial charge in [-0.1, -0.05) is 35.9 Å². The van der Waals surface area contributed by atoms with Gasteiger partial charge >= 0.3 is 0 Å². The lowest BCUT2D eigenvalue weighted by atomic mass is 10.0. The molecule has 0 unspecified atom stereocenters. The molecule has 1 aromatic rings. The molecule has 1 heteroatoms. The first-order valence-electron chi connectivity index (χ1n) is 6.70. The van der Waals surface area contributed by atoms with Crippen LogP contribution in [0.2, 0.25) is 0 Å². The first kappa shape index (κ1) is 12.4. The first-order chi connectivity index (χ1) is 8.25. The highest BCUT2D eigenvalue weighted by molar-refractivity contribution is 5.31. The molecule has 0 heterocycles. The van der Waals surface area contributed by atoms with Crippen LogP contribution >= 0.6 is 0 Å². The predicted molar refractivity (Wildman–Crippen MR) is 74.4 cm³/mol. The Morgan fingerprint density at radius 1 is 1.24 bits per heavy atom. The van der Waals surface area contributed by atoms with Crippen LogP contribution in [0.15, 0.2) is 30.4 Å². The second-order valence-corrected chi connectivity index (χ2v) is 5.12. The van der Waals surface area contributed by atoms with E-state index in [-0.39, 0.29) is 0 Å². The van der Waals surface area contributed by atoms with E-state index in [1.54, 1.807) is 0 Å². The van der Waals surface area contributed by atoms with E-state index in [1.165, 1.54) is 29.5 Å². The zero-order chi connectivity index (χ0) is 12.1. The summed E-state index contributed by atoms with van der Waals surface area (Å²) in [5, 5.41) is 3.52. The lowest BCUT2D eigenvalue weighted by molar-refractivity contribution is 0.690. The molecule has 0 spiro atoms. The van der Waals surface area contributed by atoms with Gasteiger partial charge in [0.1, 0.15) is 0 Å². The third kappa shape index (κ3) is 4.35. The Labute approximate surface area is 105 Å². The van der Waals surface area contributed by atoms with Crippen LogP contribution in [-0.4, -0.2) is 12.6 Å². The lowest BCUT2D eigenvalue weighted by Crippen LogP contribution is -2.16. The smallest absolute Gasteiger partial charge is 0.00683 e. The number of aryl methyl sites for hydroxylation is 2. The molecule has 0 aliphatic heterocycles. The van der Waals surface area contributed by atoms with Gasteiger partial charge in [0.05, 0.1) is 0 Å². The zero-order valence-corrected chi connectivity index (χ0v) is 11.0. The number of rotatable bonds is 6. The number of allylic oxidation sites excluding steroid dienone is 1. The van der Waals surface area contributed by atoms with Crippen molar-refractivity contribution >= 4 is 0 Å². The number of hydrogen-bond donors (Lipinski definition) is 1. The standard InChI is InChI=1S/C16H23N/c1-13-7-8-14(2)15(12-13)6-4-3-5-11-17-16-9-10-16/h3-4,7-8,12,16-17H,5-6,9-11H2,1-2H3. The van der Waals surface area contributed by atoms with Crippen LogP contribution in [0.3, 0.4) is 0 Å². The minimum atomic E-state index is 0.836. The van der Waals surface area contributed by atoms with Gasteiger partial charge in [-0.2, -0.15) is 0 Å². The maximum Gasteiger partial charge on any atom is 0.00683 e. The number of hydrogen-bond acceptors (Lipinski definition) is 1. The van der Waals surface area contributed by atoms with E-state index in [1.807, 2.05) is 0 Å². The molecular formula is C16H23N. The molecule has 0 radical (unpaired) electrons. The Morgan fingerprint density at radius 2 is 2.06 bits per heavy atom. The van der Waals surface area contributed by atoms with Crippen molar-refractivity contribution in [3.63, 3.8) is 0 Å². The molecular weight excluding hydrogens is 206 g/mol.